The molecule has 0 aromatic heterocycles. The quantitative estimate of drug-likeness (QED) is 0.345. The summed E-state index contributed by atoms with van der Waals surface area (Å²) in [5, 5.41) is 7.12. The summed E-state index contributed by atoms with van der Waals surface area (Å²) in [5.74, 6) is -1.98. The Morgan fingerprint density at radius 1 is 1.14 bits per heavy atom. The highest BCUT2D eigenvalue weighted by molar-refractivity contribution is 6.17. The Morgan fingerprint density at radius 3 is 2.19 bits per heavy atom. The largest absolute Gasteiger partial charge is 0.490 e. The molecule has 0 unspecified atom stereocenters. The van der Waals surface area contributed by atoms with Crippen molar-refractivity contribution in [2.45, 2.75) is 38.8 Å². The highest BCUT2D eigenvalue weighted by Gasteiger charge is 2.38. The van der Waals surface area contributed by atoms with E-state index in [1.54, 1.807) is 0 Å². The van der Waals surface area contributed by atoms with Gasteiger partial charge in [-0.15, -0.1) is 11.6 Å². The number of hydrogen-bond donors (Lipinski definition) is 2. The Labute approximate surface area is 127 Å². The molecule has 0 radical (unpaired) electrons. The van der Waals surface area contributed by atoms with Crippen LogP contribution in [0.2, 0.25) is 0 Å². The van der Waals surface area contributed by atoms with Crippen LogP contribution in [0.4, 0.5) is 13.2 Å². The normalized spacial score (nSPS) is 10.9. The smallest absolute Gasteiger partial charge is 0.475 e. The van der Waals surface area contributed by atoms with Crippen LogP contribution in [-0.4, -0.2) is 49.5 Å². The molecule has 0 rings (SSSR count). The van der Waals surface area contributed by atoms with Crippen LogP contribution in [0.5, 0.6) is 0 Å². The summed E-state index contributed by atoms with van der Waals surface area (Å²) in [6.07, 6.45) is -0.426. The number of unbranched alkanes of at least 4 members (excludes halogenated alkanes) is 3. The van der Waals surface area contributed by atoms with Gasteiger partial charge in [0, 0.05) is 19.0 Å². The van der Waals surface area contributed by atoms with Gasteiger partial charge < -0.3 is 9.84 Å². The maximum Gasteiger partial charge on any atom is 0.490 e. The highest BCUT2D eigenvalue weighted by atomic mass is 35.5. The van der Waals surface area contributed by atoms with E-state index in [0.29, 0.717) is 13.2 Å². The third-order valence-corrected chi connectivity index (χ3v) is 2.26. The van der Waals surface area contributed by atoms with Crippen LogP contribution >= 0.6 is 11.6 Å². The Hall–Kier alpha value is -0.570. The summed E-state index contributed by atoms with van der Waals surface area (Å²) in [6, 6.07) is 0. The summed E-state index contributed by atoms with van der Waals surface area (Å²) in [7, 11) is 0. The fourth-order valence-electron chi connectivity index (χ4n) is 1.03. The monoisotopic (exact) mass is 337 g/mol. The van der Waals surface area contributed by atoms with Crippen molar-refractivity contribution >= 4 is 17.6 Å². The number of ether oxygens (including phenoxy) is 1. The van der Waals surface area contributed by atoms with Crippen molar-refractivity contribution in [1.29, 1.82) is 0 Å². The van der Waals surface area contributed by atoms with E-state index in [1.165, 1.54) is 12.8 Å². The molecule has 0 amide bonds. The van der Waals surface area contributed by atoms with Crippen LogP contribution in [0.15, 0.2) is 0 Å². The zero-order chi connectivity index (χ0) is 16.6. The van der Waals surface area contributed by atoms with E-state index < -0.39 is 12.1 Å². The summed E-state index contributed by atoms with van der Waals surface area (Å²) in [5.41, 5.74) is 2.77. The number of carboxylic acids is 1. The Balaban J connectivity index is 0. The molecule has 128 valence electrons. The molecular formula is C12H23ClF3NO4. The highest BCUT2D eigenvalue weighted by Crippen LogP contribution is 2.13. The SMILES string of the molecule is CCNOCCOCCCCCCCl.O=C(O)C(F)(F)F. The molecule has 9 heteroatoms. The number of aliphatic carboxylic acids is 1. The lowest BCUT2D eigenvalue weighted by Gasteiger charge is -2.04. The molecule has 0 spiro atoms. The minimum absolute atomic E-state index is 0.621. The first-order valence-corrected chi connectivity index (χ1v) is 7.18. The van der Waals surface area contributed by atoms with Crippen LogP contribution in [0.3, 0.4) is 0 Å². The number of alkyl halides is 4. The third-order valence-electron chi connectivity index (χ3n) is 1.99. The average molecular weight is 338 g/mol. The van der Waals surface area contributed by atoms with Gasteiger partial charge in [0.2, 0.25) is 0 Å². The number of carboxylic acid groups (broad SMARTS) is 1. The lowest BCUT2D eigenvalue weighted by Crippen LogP contribution is -2.21. The second-order valence-electron chi connectivity index (χ2n) is 3.86. The minimum atomic E-state index is -5.08. The molecule has 0 aromatic carbocycles. The van der Waals surface area contributed by atoms with Gasteiger partial charge in [-0.05, 0) is 12.8 Å². The predicted octanol–water partition coefficient (Wildman–Crippen LogP) is 2.98. The van der Waals surface area contributed by atoms with Crippen LogP contribution < -0.4 is 5.48 Å². The number of rotatable bonds is 11. The molecule has 0 aliphatic heterocycles. The van der Waals surface area contributed by atoms with Crippen molar-refractivity contribution in [3.8, 4) is 0 Å². The second-order valence-corrected chi connectivity index (χ2v) is 4.24. The molecule has 0 atom stereocenters. The van der Waals surface area contributed by atoms with Gasteiger partial charge in [-0.1, -0.05) is 19.8 Å². The van der Waals surface area contributed by atoms with Gasteiger partial charge in [-0.25, -0.2) is 10.3 Å². The first-order chi connectivity index (χ1) is 9.86. The third kappa shape index (κ3) is 21.9. The molecule has 0 aromatic rings. The van der Waals surface area contributed by atoms with Gasteiger partial charge in [0.05, 0.1) is 13.2 Å². The van der Waals surface area contributed by atoms with Gasteiger partial charge >= 0.3 is 12.1 Å². The molecule has 0 bridgehead atoms. The molecule has 0 fully saturated rings. The van der Waals surface area contributed by atoms with Gasteiger partial charge in [-0.2, -0.15) is 13.2 Å². The van der Waals surface area contributed by atoms with E-state index in [4.69, 9.17) is 31.1 Å². The predicted molar refractivity (Wildman–Crippen MR) is 73.3 cm³/mol. The van der Waals surface area contributed by atoms with E-state index in [0.717, 1.165) is 31.9 Å². The van der Waals surface area contributed by atoms with Crippen LogP contribution in [-0.2, 0) is 14.4 Å². The van der Waals surface area contributed by atoms with Crippen LogP contribution in [0, 0.1) is 0 Å². The van der Waals surface area contributed by atoms with E-state index in [9.17, 15) is 13.2 Å². The topological polar surface area (TPSA) is 67.8 Å². The Morgan fingerprint density at radius 2 is 1.71 bits per heavy atom. The van der Waals surface area contributed by atoms with Gasteiger partial charge in [0.1, 0.15) is 0 Å². The van der Waals surface area contributed by atoms with Crippen molar-refractivity contribution in [1.82, 2.24) is 5.48 Å². The Bertz CT molecular complexity index is 231. The lowest BCUT2D eigenvalue weighted by molar-refractivity contribution is -0.192. The molecule has 5 nitrogen and oxygen atoms in total. The zero-order valence-corrected chi connectivity index (χ0v) is 12.8. The van der Waals surface area contributed by atoms with Gasteiger partial charge in [0.25, 0.3) is 0 Å². The van der Waals surface area contributed by atoms with Gasteiger partial charge in [0.15, 0.2) is 0 Å². The standard InChI is InChI=1S/C10H22ClNO2.C2HF3O2/c1-2-12-14-10-9-13-8-6-4-3-5-7-11;3-2(4,5)1(6)7/h12H,2-10H2,1H3;(H,6,7). The molecule has 0 aliphatic carbocycles. The molecule has 0 saturated carbocycles. The summed E-state index contributed by atoms with van der Waals surface area (Å²) < 4.78 is 37.1. The van der Waals surface area contributed by atoms with Crippen molar-refractivity contribution in [2.24, 2.45) is 0 Å². The van der Waals surface area contributed by atoms with E-state index in [1.807, 2.05) is 6.92 Å². The van der Waals surface area contributed by atoms with Crippen molar-refractivity contribution in [3.63, 3.8) is 0 Å². The number of nitrogens with one attached hydrogen (secondary N) is 1. The van der Waals surface area contributed by atoms with Crippen LogP contribution in [0.25, 0.3) is 0 Å². The maximum absolute atomic E-state index is 10.6. The second kappa shape index (κ2) is 15.8. The fourth-order valence-corrected chi connectivity index (χ4v) is 1.22. The van der Waals surface area contributed by atoms with Gasteiger partial charge in [-0.3, -0.25) is 4.84 Å². The Kier molecular flexibility index (Phi) is 17.1. The van der Waals surface area contributed by atoms with Crippen molar-refractivity contribution in [3.05, 3.63) is 0 Å². The fraction of sp³-hybridized carbons (Fsp3) is 0.917. The van der Waals surface area contributed by atoms with E-state index in [2.05, 4.69) is 5.48 Å². The number of hydroxylamine groups is 1. The summed E-state index contributed by atoms with van der Waals surface area (Å²) in [6.45, 7) is 4.95. The molecule has 0 saturated heterocycles. The molecular weight excluding hydrogens is 315 g/mol. The molecule has 21 heavy (non-hydrogen) atoms. The van der Waals surface area contributed by atoms with Crippen LogP contribution in [0.1, 0.15) is 32.6 Å². The molecule has 0 aliphatic rings. The number of halogens is 4. The maximum atomic E-state index is 10.6. The van der Waals surface area contributed by atoms with E-state index in [-0.39, 0.29) is 0 Å². The van der Waals surface area contributed by atoms with Crippen molar-refractivity contribution in [2.75, 3.05) is 32.2 Å². The molecule has 0 heterocycles. The lowest BCUT2D eigenvalue weighted by atomic mass is 10.2. The average Bonchev–Trinajstić information content (AvgIpc) is 2.40. The first kappa shape index (κ1) is 22.7. The minimum Gasteiger partial charge on any atom is -0.475 e. The summed E-state index contributed by atoms with van der Waals surface area (Å²) >= 11 is 5.56. The number of hydrogen-bond acceptors (Lipinski definition) is 4. The van der Waals surface area contributed by atoms with E-state index >= 15 is 0 Å². The van der Waals surface area contributed by atoms with Crippen molar-refractivity contribution < 1.29 is 32.6 Å². The summed E-state index contributed by atoms with van der Waals surface area (Å²) in [4.78, 5) is 13.9. The number of carbonyl (C=O) groups is 1. The molecule has 2 N–H and O–H groups in total. The first-order valence-electron chi connectivity index (χ1n) is 6.64. The zero-order valence-electron chi connectivity index (χ0n) is 12.0.